The third-order valence-corrected chi connectivity index (χ3v) is 2.31. The Bertz CT molecular complexity index is 296. The zero-order valence-electron chi connectivity index (χ0n) is 12.3. The molecule has 0 saturated carbocycles. The van der Waals surface area contributed by atoms with Gasteiger partial charge in [-0.15, -0.1) is 0 Å². The third kappa shape index (κ3) is 8.47. The number of esters is 3. The number of carbonyl (C=O) groups excluding carboxylic acids is 3. The summed E-state index contributed by atoms with van der Waals surface area (Å²) in [5, 5.41) is 2.73. The summed E-state index contributed by atoms with van der Waals surface area (Å²) in [6.45, 7) is 5.77. The van der Waals surface area contributed by atoms with Gasteiger partial charge in [0.1, 0.15) is 6.04 Å². The largest absolute Gasteiger partial charge is 0.466 e. The van der Waals surface area contributed by atoms with E-state index in [0.29, 0.717) is 6.61 Å². The van der Waals surface area contributed by atoms with E-state index in [1.54, 1.807) is 20.8 Å². The molecule has 0 aliphatic heterocycles. The van der Waals surface area contributed by atoms with Crippen LogP contribution in [0, 0.1) is 0 Å². The van der Waals surface area contributed by atoms with Gasteiger partial charge in [-0.2, -0.15) is 0 Å². The van der Waals surface area contributed by atoms with E-state index in [-0.39, 0.29) is 38.6 Å². The molecule has 0 aliphatic carbocycles. The van der Waals surface area contributed by atoms with Crippen LogP contribution in [0.25, 0.3) is 0 Å². The monoisotopic (exact) mass is 289 g/mol. The van der Waals surface area contributed by atoms with Gasteiger partial charge in [-0.25, -0.2) is 0 Å². The van der Waals surface area contributed by atoms with Crippen molar-refractivity contribution in [3.8, 4) is 0 Å². The van der Waals surface area contributed by atoms with Crippen LogP contribution in [-0.2, 0) is 28.6 Å². The van der Waals surface area contributed by atoms with Crippen LogP contribution in [0.1, 0.15) is 33.6 Å². The summed E-state index contributed by atoms with van der Waals surface area (Å²) in [4.78, 5) is 34.2. The van der Waals surface area contributed by atoms with Crippen LogP contribution in [0.5, 0.6) is 0 Å². The average molecular weight is 289 g/mol. The molecular weight excluding hydrogens is 266 g/mol. The van der Waals surface area contributed by atoms with Crippen molar-refractivity contribution >= 4 is 17.9 Å². The van der Waals surface area contributed by atoms with Gasteiger partial charge >= 0.3 is 17.9 Å². The number of rotatable bonds is 10. The Morgan fingerprint density at radius 3 is 2.00 bits per heavy atom. The first-order valence-electron chi connectivity index (χ1n) is 6.76. The first-order chi connectivity index (χ1) is 9.54. The van der Waals surface area contributed by atoms with Crippen molar-refractivity contribution in [1.82, 2.24) is 5.32 Å². The Morgan fingerprint density at radius 1 is 0.900 bits per heavy atom. The number of carbonyl (C=O) groups is 3. The maximum atomic E-state index is 11.7. The number of nitrogens with one attached hydrogen (secondary N) is 1. The van der Waals surface area contributed by atoms with Gasteiger partial charge in [0.2, 0.25) is 0 Å². The summed E-state index contributed by atoms with van der Waals surface area (Å²) in [6.07, 6.45) is 0.282. The van der Waals surface area contributed by atoms with Crippen LogP contribution >= 0.6 is 0 Å². The molecule has 1 N–H and O–H groups in total. The lowest BCUT2D eigenvalue weighted by molar-refractivity contribution is -0.147. The minimum Gasteiger partial charge on any atom is -0.466 e. The Morgan fingerprint density at radius 2 is 1.45 bits per heavy atom. The minimum atomic E-state index is -0.733. The molecule has 20 heavy (non-hydrogen) atoms. The average Bonchev–Trinajstić information content (AvgIpc) is 2.39. The van der Waals surface area contributed by atoms with Crippen LogP contribution < -0.4 is 5.32 Å². The predicted molar refractivity (Wildman–Crippen MR) is 70.9 cm³/mol. The summed E-state index contributed by atoms with van der Waals surface area (Å²) in [6, 6.07) is -0.733. The van der Waals surface area contributed by atoms with E-state index < -0.39 is 18.0 Å². The standard InChI is InChI=1S/C13H23NO6/c1-4-18-11(15)8-7-10(13(17)20-6-3)14-9-12(16)19-5-2/h10,14H,4-9H2,1-3H3/t10-/m1/s1. The van der Waals surface area contributed by atoms with E-state index in [4.69, 9.17) is 14.2 Å². The van der Waals surface area contributed by atoms with Gasteiger partial charge < -0.3 is 14.2 Å². The molecule has 0 radical (unpaired) electrons. The van der Waals surface area contributed by atoms with Gasteiger partial charge in [0.25, 0.3) is 0 Å². The first-order valence-corrected chi connectivity index (χ1v) is 6.76. The van der Waals surface area contributed by atoms with E-state index >= 15 is 0 Å². The van der Waals surface area contributed by atoms with Gasteiger partial charge in [0.15, 0.2) is 0 Å². The quantitative estimate of drug-likeness (QED) is 0.460. The molecule has 1 atom stereocenters. The number of hydrogen-bond donors (Lipinski definition) is 1. The molecule has 0 amide bonds. The fraction of sp³-hybridized carbons (Fsp3) is 0.769. The molecule has 7 nitrogen and oxygen atoms in total. The van der Waals surface area contributed by atoms with Crippen molar-refractivity contribution in [2.24, 2.45) is 0 Å². The highest BCUT2D eigenvalue weighted by Gasteiger charge is 2.21. The molecule has 0 bridgehead atoms. The second-order valence-corrected chi connectivity index (χ2v) is 3.83. The molecule has 0 aromatic rings. The van der Waals surface area contributed by atoms with Crippen LogP contribution in [0.4, 0.5) is 0 Å². The molecule has 116 valence electrons. The predicted octanol–water partition coefficient (Wildman–Crippen LogP) is 0.414. The van der Waals surface area contributed by atoms with Crippen LogP contribution in [0.15, 0.2) is 0 Å². The Hall–Kier alpha value is -1.63. The molecule has 0 rings (SSSR count). The van der Waals surface area contributed by atoms with E-state index in [0.717, 1.165) is 0 Å². The van der Waals surface area contributed by atoms with E-state index in [2.05, 4.69) is 5.32 Å². The second kappa shape index (κ2) is 11.2. The van der Waals surface area contributed by atoms with Crippen LogP contribution in [-0.4, -0.2) is 50.3 Å². The van der Waals surface area contributed by atoms with Crippen LogP contribution in [0.2, 0.25) is 0 Å². The highest BCUT2D eigenvalue weighted by molar-refractivity contribution is 5.78. The summed E-state index contributed by atoms with van der Waals surface area (Å²) in [5.74, 6) is -1.35. The third-order valence-electron chi connectivity index (χ3n) is 2.31. The van der Waals surface area contributed by atoms with Gasteiger partial charge in [-0.1, -0.05) is 0 Å². The topological polar surface area (TPSA) is 90.9 Å². The normalized spacial score (nSPS) is 11.6. The van der Waals surface area contributed by atoms with Gasteiger partial charge in [-0.05, 0) is 27.2 Å². The lowest BCUT2D eigenvalue weighted by atomic mass is 10.1. The molecular formula is C13H23NO6. The Balaban J connectivity index is 4.30. The van der Waals surface area contributed by atoms with E-state index in [1.807, 2.05) is 0 Å². The summed E-state index contributed by atoms with van der Waals surface area (Å²) in [7, 11) is 0. The zero-order chi connectivity index (χ0) is 15.4. The molecule has 0 saturated heterocycles. The highest BCUT2D eigenvalue weighted by atomic mass is 16.5. The van der Waals surface area contributed by atoms with Crippen molar-refractivity contribution in [2.75, 3.05) is 26.4 Å². The lowest BCUT2D eigenvalue weighted by Gasteiger charge is -2.16. The zero-order valence-corrected chi connectivity index (χ0v) is 12.3. The Labute approximate surface area is 118 Å². The van der Waals surface area contributed by atoms with Gasteiger partial charge in [0.05, 0.1) is 26.4 Å². The molecule has 0 aliphatic rings. The first kappa shape index (κ1) is 18.4. The number of hydrogen-bond acceptors (Lipinski definition) is 7. The van der Waals surface area contributed by atoms with Crippen molar-refractivity contribution in [1.29, 1.82) is 0 Å². The maximum Gasteiger partial charge on any atom is 0.323 e. The summed E-state index contributed by atoms with van der Waals surface area (Å²) >= 11 is 0. The van der Waals surface area contributed by atoms with E-state index in [9.17, 15) is 14.4 Å². The summed E-state index contributed by atoms with van der Waals surface area (Å²) < 4.78 is 14.4. The Kier molecular flexibility index (Phi) is 10.3. The smallest absolute Gasteiger partial charge is 0.323 e. The molecule has 0 fully saturated rings. The highest BCUT2D eigenvalue weighted by Crippen LogP contribution is 2.02. The van der Waals surface area contributed by atoms with Gasteiger partial charge in [-0.3, -0.25) is 19.7 Å². The van der Waals surface area contributed by atoms with Crippen molar-refractivity contribution < 1.29 is 28.6 Å². The fourth-order valence-electron chi connectivity index (χ4n) is 1.46. The molecule has 0 spiro atoms. The number of ether oxygens (including phenoxy) is 3. The molecule has 7 heteroatoms. The van der Waals surface area contributed by atoms with Crippen molar-refractivity contribution in [3.05, 3.63) is 0 Å². The molecule has 0 aromatic heterocycles. The van der Waals surface area contributed by atoms with Crippen LogP contribution in [0.3, 0.4) is 0 Å². The SMILES string of the molecule is CCOC(=O)CC[C@@H](NCC(=O)OCC)C(=O)OCC. The maximum absolute atomic E-state index is 11.7. The molecule has 0 unspecified atom stereocenters. The van der Waals surface area contributed by atoms with Crippen molar-refractivity contribution in [2.45, 2.75) is 39.7 Å². The lowest BCUT2D eigenvalue weighted by Crippen LogP contribution is -2.41. The molecule has 0 aromatic carbocycles. The minimum absolute atomic E-state index is 0.0765. The van der Waals surface area contributed by atoms with Gasteiger partial charge in [0, 0.05) is 6.42 Å². The fourth-order valence-corrected chi connectivity index (χ4v) is 1.46. The van der Waals surface area contributed by atoms with Crippen molar-refractivity contribution in [3.63, 3.8) is 0 Å². The van der Waals surface area contributed by atoms with E-state index in [1.165, 1.54) is 0 Å². The molecule has 0 heterocycles. The summed E-state index contributed by atoms with van der Waals surface area (Å²) in [5.41, 5.74) is 0. The second-order valence-electron chi connectivity index (χ2n) is 3.83.